The van der Waals surface area contributed by atoms with Crippen LogP contribution in [-0.4, -0.2) is 17.4 Å². The van der Waals surface area contributed by atoms with Crippen LogP contribution in [0.15, 0.2) is 35.9 Å². The summed E-state index contributed by atoms with van der Waals surface area (Å²) in [5, 5.41) is 9.40. The van der Waals surface area contributed by atoms with E-state index in [-0.39, 0.29) is 11.9 Å². The topological polar surface area (TPSA) is 44.1 Å². The van der Waals surface area contributed by atoms with E-state index in [0.29, 0.717) is 18.0 Å². The first-order valence-corrected chi connectivity index (χ1v) is 9.21. The summed E-state index contributed by atoms with van der Waals surface area (Å²) >= 11 is 0. The monoisotopic (exact) mass is 324 g/mol. The Kier molecular flexibility index (Phi) is 6.61. The fourth-order valence-electron chi connectivity index (χ4n) is 3.72. The summed E-state index contributed by atoms with van der Waals surface area (Å²) < 4.78 is 0. The Bertz CT molecular complexity index is 635. The van der Waals surface area contributed by atoms with E-state index in [9.17, 15) is 10.1 Å². The summed E-state index contributed by atoms with van der Waals surface area (Å²) in [4.78, 5) is 14.6. The van der Waals surface area contributed by atoms with Gasteiger partial charge in [0.2, 0.25) is 0 Å². The molecule has 1 fully saturated rings. The van der Waals surface area contributed by atoms with E-state index >= 15 is 0 Å². The number of fused-ring (bicyclic) bond motifs is 1. The van der Waals surface area contributed by atoms with Crippen LogP contribution in [0, 0.1) is 17.2 Å². The molecule has 0 radical (unpaired) electrons. The van der Waals surface area contributed by atoms with Crippen molar-refractivity contribution in [1.29, 1.82) is 5.26 Å². The second kappa shape index (κ2) is 8.68. The smallest absolute Gasteiger partial charge is 0.264 e. The van der Waals surface area contributed by atoms with Crippen LogP contribution in [0.4, 0.5) is 0 Å². The first-order valence-electron chi connectivity index (χ1n) is 9.21. The molecule has 1 heterocycles. The number of nitriles is 1. The molecule has 0 N–H and O–H groups in total. The maximum Gasteiger partial charge on any atom is 0.264 e. The molecule has 0 bridgehead atoms. The molecular weight excluding hydrogens is 296 g/mol. The molecule has 1 aromatic carbocycles. The van der Waals surface area contributed by atoms with Gasteiger partial charge in [-0.25, -0.2) is 0 Å². The Hall–Kier alpha value is -2.08. The van der Waals surface area contributed by atoms with E-state index in [2.05, 4.69) is 25.1 Å². The van der Waals surface area contributed by atoms with Gasteiger partial charge in [-0.15, -0.1) is 0 Å². The third-order valence-electron chi connectivity index (χ3n) is 5.01. The number of benzene rings is 1. The number of amides is 1. The van der Waals surface area contributed by atoms with Crippen molar-refractivity contribution in [3.8, 4) is 6.07 Å². The van der Waals surface area contributed by atoms with Crippen molar-refractivity contribution in [2.24, 2.45) is 5.92 Å². The summed E-state index contributed by atoms with van der Waals surface area (Å²) in [6.07, 6.45) is 7.42. The first-order chi connectivity index (χ1) is 11.7. The summed E-state index contributed by atoms with van der Waals surface area (Å²) in [5.74, 6) is 0.308. The predicted octanol–water partition coefficient (Wildman–Crippen LogP) is 4.80. The molecule has 0 spiro atoms. The highest BCUT2D eigenvalue weighted by atomic mass is 16.2. The van der Waals surface area contributed by atoms with Crippen molar-refractivity contribution >= 4 is 5.91 Å². The van der Waals surface area contributed by atoms with Crippen LogP contribution in [0.3, 0.4) is 0 Å². The molecule has 2 aliphatic rings. The minimum absolute atomic E-state index is 0.0396. The molecule has 1 aromatic rings. The van der Waals surface area contributed by atoms with Crippen molar-refractivity contribution in [2.45, 2.75) is 58.9 Å². The zero-order valence-electron chi connectivity index (χ0n) is 15.1. The van der Waals surface area contributed by atoms with Crippen LogP contribution < -0.4 is 0 Å². The van der Waals surface area contributed by atoms with Gasteiger partial charge in [-0.3, -0.25) is 4.79 Å². The molecule has 1 saturated carbocycles. The van der Waals surface area contributed by atoms with Gasteiger partial charge >= 0.3 is 0 Å². The number of nitrogens with zero attached hydrogens (tertiary/aromatic N) is 2. The van der Waals surface area contributed by atoms with Gasteiger partial charge in [-0.05, 0) is 43.2 Å². The number of carbonyl (C=O) groups excluding carboxylic acids is 1. The standard InChI is InChI=1S/C19H22N2O.C2H6/c1-14-18-9-5-4-8-16(18)10-11-21(14)19(22)17(13-20)12-15-6-2-3-7-15;1-2/h4-5,8-9,12,14-15H,2-3,6-7,10-11H2,1H3;1-2H3/b17-12-;. The lowest BCUT2D eigenvalue weighted by Gasteiger charge is -2.35. The number of allylic oxidation sites excluding steroid dienone is 1. The molecule has 128 valence electrons. The van der Waals surface area contributed by atoms with Crippen LogP contribution in [0.1, 0.15) is 63.6 Å². The molecule has 0 saturated heterocycles. The molecule has 1 amide bonds. The molecule has 3 heteroatoms. The van der Waals surface area contributed by atoms with Crippen molar-refractivity contribution in [2.75, 3.05) is 6.54 Å². The first kappa shape index (κ1) is 18.3. The third kappa shape index (κ3) is 3.87. The molecule has 3 nitrogen and oxygen atoms in total. The van der Waals surface area contributed by atoms with E-state index in [1.807, 2.05) is 37.0 Å². The van der Waals surface area contributed by atoms with E-state index in [0.717, 1.165) is 19.3 Å². The van der Waals surface area contributed by atoms with Gasteiger partial charge < -0.3 is 4.90 Å². The lowest BCUT2D eigenvalue weighted by Crippen LogP contribution is -2.39. The fourth-order valence-corrected chi connectivity index (χ4v) is 3.72. The molecule has 1 atom stereocenters. The maximum atomic E-state index is 12.8. The molecular formula is C21H28N2O. The van der Waals surface area contributed by atoms with Crippen LogP contribution in [-0.2, 0) is 11.2 Å². The highest BCUT2D eigenvalue weighted by molar-refractivity contribution is 5.97. The van der Waals surface area contributed by atoms with Crippen LogP contribution in [0.25, 0.3) is 0 Å². The molecule has 1 aliphatic heterocycles. The van der Waals surface area contributed by atoms with Crippen molar-refractivity contribution in [3.05, 3.63) is 47.0 Å². The normalized spacial score (nSPS) is 20.7. The average Bonchev–Trinajstić information content (AvgIpc) is 3.14. The number of hydrogen-bond donors (Lipinski definition) is 0. The summed E-state index contributed by atoms with van der Waals surface area (Å²) in [6, 6.07) is 10.5. The molecule has 3 rings (SSSR count). The SMILES string of the molecule is CC.CC1c2ccccc2CCN1C(=O)/C(C#N)=C\C1CCCC1. The Balaban J connectivity index is 0.00000100. The molecule has 1 aliphatic carbocycles. The molecule has 1 unspecified atom stereocenters. The van der Waals surface area contributed by atoms with E-state index in [1.54, 1.807) is 0 Å². The lowest BCUT2D eigenvalue weighted by molar-refractivity contribution is -0.129. The van der Waals surface area contributed by atoms with Gasteiger partial charge in [0.15, 0.2) is 0 Å². The number of carbonyl (C=O) groups is 1. The van der Waals surface area contributed by atoms with Gasteiger partial charge in [-0.1, -0.05) is 57.0 Å². The van der Waals surface area contributed by atoms with Gasteiger partial charge in [0.25, 0.3) is 5.91 Å². The van der Waals surface area contributed by atoms with E-state index < -0.39 is 0 Å². The largest absolute Gasteiger partial charge is 0.331 e. The van der Waals surface area contributed by atoms with E-state index in [4.69, 9.17) is 0 Å². The third-order valence-corrected chi connectivity index (χ3v) is 5.01. The minimum Gasteiger partial charge on any atom is -0.331 e. The Morgan fingerprint density at radius 2 is 1.92 bits per heavy atom. The highest BCUT2D eigenvalue weighted by Crippen LogP contribution is 2.31. The highest BCUT2D eigenvalue weighted by Gasteiger charge is 2.29. The maximum absolute atomic E-state index is 12.8. The Morgan fingerprint density at radius 3 is 2.58 bits per heavy atom. The van der Waals surface area contributed by atoms with E-state index in [1.165, 1.54) is 24.0 Å². The summed E-state index contributed by atoms with van der Waals surface area (Å²) in [7, 11) is 0. The zero-order valence-corrected chi connectivity index (χ0v) is 15.1. The minimum atomic E-state index is -0.101. The Labute approximate surface area is 146 Å². The van der Waals surface area contributed by atoms with Crippen molar-refractivity contribution in [1.82, 2.24) is 4.90 Å². The zero-order chi connectivity index (χ0) is 17.5. The fraction of sp³-hybridized carbons (Fsp3) is 0.524. The average molecular weight is 324 g/mol. The summed E-state index contributed by atoms with van der Waals surface area (Å²) in [6.45, 7) is 6.75. The van der Waals surface area contributed by atoms with Crippen molar-refractivity contribution in [3.63, 3.8) is 0 Å². The predicted molar refractivity (Wildman–Crippen MR) is 97.3 cm³/mol. The van der Waals surface area contributed by atoms with Crippen LogP contribution >= 0.6 is 0 Å². The lowest BCUT2D eigenvalue weighted by atomic mass is 9.93. The van der Waals surface area contributed by atoms with Gasteiger partial charge in [0.1, 0.15) is 11.6 Å². The van der Waals surface area contributed by atoms with Gasteiger partial charge in [0, 0.05) is 6.54 Å². The van der Waals surface area contributed by atoms with Gasteiger partial charge in [0.05, 0.1) is 6.04 Å². The summed E-state index contributed by atoms with van der Waals surface area (Å²) in [5.41, 5.74) is 2.86. The second-order valence-corrected chi connectivity index (χ2v) is 6.36. The van der Waals surface area contributed by atoms with Crippen LogP contribution in [0.2, 0.25) is 0 Å². The Morgan fingerprint density at radius 1 is 1.25 bits per heavy atom. The molecule has 24 heavy (non-hydrogen) atoms. The second-order valence-electron chi connectivity index (χ2n) is 6.36. The quantitative estimate of drug-likeness (QED) is 0.579. The molecule has 0 aromatic heterocycles. The van der Waals surface area contributed by atoms with Gasteiger partial charge in [-0.2, -0.15) is 5.26 Å². The number of hydrogen-bond acceptors (Lipinski definition) is 2. The number of rotatable bonds is 2. The van der Waals surface area contributed by atoms with Crippen molar-refractivity contribution < 1.29 is 4.79 Å². The van der Waals surface area contributed by atoms with Crippen LogP contribution in [0.5, 0.6) is 0 Å².